The summed E-state index contributed by atoms with van der Waals surface area (Å²) in [5.41, 5.74) is 0. The van der Waals surface area contributed by atoms with Crippen molar-refractivity contribution in [1.82, 2.24) is 9.80 Å². The molecule has 116 valence electrons. The maximum atomic E-state index is 10.4. The minimum absolute atomic E-state index is 0.240. The zero-order valence-corrected chi connectivity index (χ0v) is 12.4. The standard InChI is InChI=1S/C15H28N2O3/c18-15(10-16-4-7-19-8-5-16)11-17(14-1-2-14)9-13-3-6-20-12-13/h13-15,18H,1-12H2/t13-,15-/m1/s1. The van der Waals surface area contributed by atoms with E-state index in [-0.39, 0.29) is 6.10 Å². The van der Waals surface area contributed by atoms with E-state index in [2.05, 4.69) is 9.80 Å². The molecule has 0 spiro atoms. The van der Waals surface area contributed by atoms with E-state index in [9.17, 15) is 5.11 Å². The van der Waals surface area contributed by atoms with Gasteiger partial charge in [-0.05, 0) is 25.2 Å². The number of aliphatic hydroxyl groups excluding tert-OH is 1. The third-order valence-corrected chi connectivity index (χ3v) is 4.60. The highest BCUT2D eigenvalue weighted by Gasteiger charge is 2.33. The number of hydrogen-bond acceptors (Lipinski definition) is 5. The average Bonchev–Trinajstić information content (AvgIpc) is 3.18. The van der Waals surface area contributed by atoms with Gasteiger partial charge in [0.25, 0.3) is 0 Å². The Balaban J connectivity index is 1.42. The number of nitrogens with zero attached hydrogens (tertiary/aromatic N) is 2. The van der Waals surface area contributed by atoms with Crippen molar-refractivity contribution in [2.75, 3.05) is 59.2 Å². The lowest BCUT2D eigenvalue weighted by Gasteiger charge is -2.32. The quantitative estimate of drug-likeness (QED) is 0.722. The molecule has 0 bridgehead atoms. The largest absolute Gasteiger partial charge is 0.390 e. The molecule has 0 aromatic heterocycles. The lowest BCUT2D eigenvalue weighted by atomic mass is 10.1. The highest BCUT2D eigenvalue weighted by atomic mass is 16.5. The van der Waals surface area contributed by atoms with E-state index in [1.807, 2.05) is 0 Å². The van der Waals surface area contributed by atoms with Gasteiger partial charge in [0.05, 0.1) is 25.9 Å². The second-order valence-corrected chi connectivity index (χ2v) is 6.48. The monoisotopic (exact) mass is 284 g/mol. The molecule has 0 aromatic carbocycles. The van der Waals surface area contributed by atoms with Crippen molar-refractivity contribution in [3.05, 3.63) is 0 Å². The Labute approximate surface area is 121 Å². The Bertz CT molecular complexity index is 287. The van der Waals surface area contributed by atoms with Crippen LogP contribution in [0.2, 0.25) is 0 Å². The molecular formula is C15H28N2O3. The van der Waals surface area contributed by atoms with Crippen LogP contribution in [0.5, 0.6) is 0 Å². The molecule has 0 radical (unpaired) electrons. The van der Waals surface area contributed by atoms with Gasteiger partial charge in [0.1, 0.15) is 0 Å². The van der Waals surface area contributed by atoms with Crippen molar-refractivity contribution in [2.45, 2.75) is 31.4 Å². The maximum Gasteiger partial charge on any atom is 0.0793 e. The van der Waals surface area contributed by atoms with Crippen LogP contribution < -0.4 is 0 Å². The van der Waals surface area contributed by atoms with Gasteiger partial charge in [-0.25, -0.2) is 0 Å². The summed E-state index contributed by atoms with van der Waals surface area (Å²) < 4.78 is 10.8. The van der Waals surface area contributed by atoms with Crippen LogP contribution in [0.4, 0.5) is 0 Å². The summed E-state index contributed by atoms with van der Waals surface area (Å²) in [5, 5.41) is 10.4. The Hall–Kier alpha value is -0.200. The summed E-state index contributed by atoms with van der Waals surface area (Å²) >= 11 is 0. The number of hydrogen-bond donors (Lipinski definition) is 1. The fourth-order valence-electron chi connectivity index (χ4n) is 3.28. The molecule has 3 aliphatic rings. The number of morpholine rings is 1. The van der Waals surface area contributed by atoms with Crippen molar-refractivity contribution in [1.29, 1.82) is 0 Å². The Kier molecular flexibility index (Phi) is 5.29. The van der Waals surface area contributed by atoms with Gasteiger partial charge in [-0.3, -0.25) is 9.80 Å². The minimum atomic E-state index is -0.240. The second kappa shape index (κ2) is 7.18. The lowest BCUT2D eigenvalue weighted by molar-refractivity contribution is 0.00480. The van der Waals surface area contributed by atoms with E-state index >= 15 is 0 Å². The highest BCUT2D eigenvalue weighted by Crippen LogP contribution is 2.29. The molecule has 2 saturated heterocycles. The van der Waals surface area contributed by atoms with Gasteiger partial charge in [0, 0.05) is 45.4 Å². The predicted octanol–water partition coefficient (Wildman–Crippen LogP) is 0.180. The molecule has 3 rings (SSSR count). The van der Waals surface area contributed by atoms with Crippen LogP contribution in [0.3, 0.4) is 0 Å². The fourth-order valence-corrected chi connectivity index (χ4v) is 3.28. The molecule has 0 unspecified atom stereocenters. The van der Waals surface area contributed by atoms with E-state index in [4.69, 9.17) is 9.47 Å². The van der Waals surface area contributed by atoms with Gasteiger partial charge < -0.3 is 14.6 Å². The average molecular weight is 284 g/mol. The van der Waals surface area contributed by atoms with Crippen molar-refractivity contribution in [3.63, 3.8) is 0 Å². The van der Waals surface area contributed by atoms with Crippen LogP contribution in [0.15, 0.2) is 0 Å². The third-order valence-electron chi connectivity index (χ3n) is 4.60. The normalized spacial score (nSPS) is 30.0. The second-order valence-electron chi connectivity index (χ2n) is 6.48. The van der Waals surface area contributed by atoms with Crippen molar-refractivity contribution >= 4 is 0 Å². The number of aliphatic hydroxyl groups is 1. The topological polar surface area (TPSA) is 45.2 Å². The van der Waals surface area contributed by atoms with Gasteiger partial charge in [0.2, 0.25) is 0 Å². The molecule has 0 amide bonds. The van der Waals surface area contributed by atoms with Gasteiger partial charge in [0.15, 0.2) is 0 Å². The highest BCUT2D eigenvalue weighted by molar-refractivity contribution is 4.88. The first kappa shape index (κ1) is 14.7. The van der Waals surface area contributed by atoms with Crippen molar-refractivity contribution in [2.24, 2.45) is 5.92 Å². The first-order valence-corrected chi connectivity index (χ1v) is 8.11. The summed E-state index contributed by atoms with van der Waals surface area (Å²) in [7, 11) is 0. The van der Waals surface area contributed by atoms with Crippen LogP contribution in [-0.2, 0) is 9.47 Å². The first-order chi connectivity index (χ1) is 9.81. The van der Waals surface area contributed by atoms with Gasteiger partial charge in [-0.15, -0.1) is 0 Å². The summed E-state index contributed by atoms with van der Waals surface area (Å²) in [6, 6.07) is 0.718. The molecule has 2 heterocycles. The van der Waals surface area contributed by atoms with Gasteiger partial charge >= 0.3 is 0 Å². The van der Waals surface area contributed by atoms with Crippen molar-refractivity contribution < 1.29 is 14.6 Å². The number of rotatable bonds is 7. The van der Waals surface area contributed by atoms with E-state index in [1.165, 1.54) is 19.3 Å². The maximum absolute atomic E-state index is 10.4. The molecule has 5 heteroatoms. The van der Waals surface area contributed by atoms with Gasteiger partial charge in [-0.2, -0.15) is 0 Å². The van der Waals surface area contributed by atoms with E-state index in [0.29, 0.717) is 5.92 Å². The van der Waals surface area contributed by atoms with Crippen LogP contribution in [0.25, 0.3) is 0 Å². The molecule has 20 heavy (non-hydrogen) atoms. The van der Waals surface area contributed by atoms with E-state index in [1.54, 1.807) is 0 Å². The Morgan fingerprint density at radius 3 is 2.55 bits per heavy atom. The molecule has 1 aliphatic carbocycles. The van der Waals surface area contributed by atoms with Crippen molar-refractivity contribution in [3.8, 4) is 0 Å². The molecule has 3 fully saturated rings. The fraction of sp³-hybridized carbons (Fsp3) is 1.00. The Morgan fingerprint density at radius 1 is 1.10 bits per heavy atom. The summed E-state index contributed by atoms with van der Waals surface area (Å²) in [6.07, 6.45) is 3.55. The molecule has 2 aliphatic heterocycles. The number of ether oxygens (including phenoxy) is 2. The smallest absolute Gasteiger partial charge is 0.0793 e. The molecule has 0 aromatic rings. The van der Waals surface area contributed by atoms with Crippen LogP contribution >= 0.6 is 0 Å². The minimum Gasteiger partial charge on any atom is -0.390 e. The molecule has 1 saturated carbocycles. The number of β-amino-alcohol motifs (C(OH)–C–C–N with tert-alkyl or cyclic N) is 1. The predicted molar refractivity (Wildman–Crippen MR) is 76.8 cm³/mol. The zero-order valence-electron chi connectivity index (χ0n) is 12.4. The molecule has 2 atom stereocenters. The summed E-state index contributed by atoms with van der Waals surface area (Å²) in [6.45, 7) is 8.05. The molecule has 5 nitrogen and oxygen atoms in total. The molecular weight excluding hydrogens is 256 g/mol. The summed E-state index contributed by atoms with van der Waals surface area (Å²) in [5.74, 6) is 0.672. The first-order valence-electron chi connectivity index (χ1n) is 8.11. The van der Waals surface area contributed by atoms with E-state index < -0.39 is 0 Å². The lowest BCUT2D eigenvalue weighted by Crippen LogP contribution is -2.46. The molecule has 1 N–H and O–H groups in total. The van der Waals surface area contributed by atoms with E-state index in [0.717, 1.165) is 65.2 Å². The Morgan fingerprint density at radius 2 is 1.90 bits per heavy atom. The SMILES string of the molecule is O[C@H](CN1CCOCC1)CN(C[C@H]1CCOC1)C1CC1. The third kappa shape index (κ3) is 4.40. The van der Waals surface area contributed by atoms with Crippen LogP contribution in [-0.4, -0.2) is 86.2 Å². The zero-order chi connectivity index (χ0) is 13.8. The summed E-state index contributed by atoms with van der Waals surface area (Å²) in [4.78, 5) is 4.82. The van der Waals surface area contributed by atoms with Gasteiger partial charge in [-0.1, -0.05) is 0 Å². The van der Waals surface area contributed by atoms with Crippen LogP contribution in [0, 0.1) is 5.92 Å². The van der Waals surface area contributed by atoms with Crippen LogP contribution in [0.1, 0.15) is 19.3 Å².